The largest absolute Gasteiger partial charge is 0.444 e. The number of halogens is 1. The van der Waals surface area contributed by atoms with Gasteiger partial charge in [-0.3, -0.25) is 4.79 Å². The van der Waals surface area contributed by atoms with Crippen LogP contribution < -0.4 is 5.32 Å². The molecule has 1 aromatic rings. The zero-order valence-corrected chi connectivity index (χ0v) is 10.3. The van der Waals surface area contributed by atoms with E-state index in [4.69, 9.17) is 4.42 Å². The van der Waals surface area contributed by atoms with Crippen LogP contribution in [0.5, 0.6) is 0 Å². The smallest absolute Gasteiger partial charge is 0.287 e. The first-order chi connectivity index (χ1) is 7.09. The average molecular weight is 272 g/mol. The van der Waals surface area contributed by atoms with Crippen molar-refractivity contribution in [3.05, 3.63) is 22.6 Å². The molecule has 82 valence electrons. The van der Waals surface area contributed by atoms with Gasteiger partial charge in [0.2, 0.25) is 0 Å². The van der Waals surface area contributed by atoms with Crippen LogP contribution in [0.2, 0.25) is 0 Å². The molecule has 0 aliphatic heterocycles. The average Bonchev–Trinajstić information content (AvgIpc) is 2.58. The number of furan rings is 1. The van der Waals surface area contributed by atoms with Crippen molar-refractivity contribution in [2.45, 2.75) is 26.2 Å². The van der Waals surface area contributed by atoms with Crippen molar-refractivity contribution in [1.29, 1.82) is 0 Å². The van der Waals surface area contributed by atoms with Crippen molar-refractivity contribution in [1.82, 2.24) is 5.32 Å². The second-order valence-corrected chi connectivity index (χ2v) is 5.23. The van der Waals surface area contributed by atoms with Crippen LogP contribution in [0.1, 0.15) is 36.7 Å². The first-order valence-electron chi connectivity index (χ1n) is 5.13. The van der Waals surface area contributed by atoms with E-state index in [2.05, 4.69) is 28.2 Å². The summed E-state index contributed by atoms with van der Waals surface area (Å²) in [5.41, 5.74) is 0.305. The molecule has 0 atom stereocenters. The Hall–Kier alpha value is -0.770. The number of nitrogens with one attached hydrogen (secondary N) is 1. The highest BCUT2D eigenvalue weighted by molar-refractivity contribution is 9.10. The molecule has 1 aliphatic rings. The quantitative estimate of drug-likeness (QED) is 0.919. The van der Waals surface area contributed by atoms with E-state index >= 15 is 0 Å². The summed E-state index contributed by atoms with van der Waals surface area (Å²) >= 11 is 3.17. The Morgan fingerprint density at radius 1 is 1.60 bits per heavy atom. The Morgan fingerprint density at radius 3 is 2.80 bits per heavy atom. The zero-order valence-electron chi connectivity index (χ0n) is 8.68. The molecule has 1 aromatic heterocycles. The van der Waals surface area contributed by atoms with E-state index in [-0.39, 0.29) is 5.91 Å². The molecule has 0 spiro atoms. The third kappa shape index (κ3) is 2.43. The van der Waals surface area contributed by atoms with Crippen LogP contribution >= 0.6 is 15.9 Å². The third-order valence-corrected chi connectivity index (χ3v) is 3.46. The monoisotopic (exact) mass is 271 g/mol. The normalized spacial score (nSPS) is 18.3. The zero-order chi connectivity index (χ0) is 10.9. The van der Waals surface area contributed by atoms with E-state index in [1.807, 2.05) is 0 Å². The summed E-state index contributed by atoms with van der Waals surface area (Å²) in [5, 5.41) is 2.90. The SMILES string of the molecule is CC1(CNC(=O)c2ccc(Br)o2)CCC1. The van der Waals surface area contributed by atoms with E-state index in [0.717, 1.165) is 6.54 Å². The molecule has 4 heteroatoms. The van der Waals surface area contributed by atoms with Crippen LogP contribution in [-0.2, 0) is 0 Å². The first-order valence-corrected chi connectivity index (χ1v) is 5.92. The second kappa shape index (κ2) is 4.00. The standard InChI is InChI=1S/C11H14BrNO2/c1-11(5-2-6-11)7-13-10(14)8-3-4-9(12)15-8/h3-4H,2,5-7H2,1H3,(H,13,14). The van der Waals surface area contributed by atoms with Crippen LogP contribution in [-0.4, -0.2) is 12.5 Å². The molecule has 1 fully saturated rings. The van der Waals surface area contributed by atoms with Crippen LogP contribution in [0.3, 0.4) is 0 Å². The lowest BCUT2D eigenvalue weighted by atomic mass is 9.70. The molecule has 1 heterocycles. The molecule has 0 saturated heterocycles. The van der Waals surface area contributed by atoms with Gasteiger partial charge in [-0.1, -0.05) is 13.3 Å². The fraction of sp³-hybridized carbons (Fsp3) is 0.545. The summed E-state index contributed by atoms with van der Waals surface area (Å²) in [6, 6.07) is 3.39. The van der Waals surface area contributed by atoms with Crippen LogP contribution in [0.25, 0.3) is 0 Å². The van der Waals surface area contributed by atoms with E-state index in [9.17, 15) is 4.79 Å². The van der Waals surface area contributed by atoms with Gasteiger partial charge < -0.3 is 9.73 Å². The Labute approximate surface area is 97.4 Å². The lowest BCUT2D eigenvalue weighted by Gasteiger charge is -2.38. The highest BCUT2D eigenvalue weighted by Crippen LogP contribution is 2.39. The van der Waals surface area contributed by atoms with E-state index < -0.39 is 0 Å². The van der Waals surface area contributed by atoms with Crippen molar-refractivity contribution in [3.63, 3.8) is 0 Å². The minimum atomic E-state index is -0.131. The summed E-state index contributed by atoms with van der Waals surface area (Å²) in [4.78, 5) is 11.6. The lowest BCUT2D eigenvalue weighted by Crippen LogP contribution is -2.39. The van der Waals surface area contributed by atoms with Gasteiger partial charge in [-0.05, 0) is 46.3 Å². The van der Waals surface area contributed by atoms with Crippen molar-refractivity contribution in [2.75, 3.05) is 6.54 Å². The van der Waals surface area contributed by atoms with E-state index in [1.165, 1.54) is 19.3 Å². The molecule has 3 nitrogen and oxygen atoms in total. The summed E-state index contributed by atoms with van der Waals surface area (Å²) in [7, 11) is 0. The van der Waals surface area contributed by atoms with Crippen LogP contribution in [0.15, 0.2) is 21.2 Å². The second-order valence-electron chi connectivity index (χ2n) is 4.45. The molecule has 1 aliphatic carbocycles. The fourth-order valence-electron chi connectivity index (χ4n) is 1.77. The molecule has 1 amide bonds. The number of rotatable bonds is 3. The molecular formula is C11H14BrNO2. The summed E-state index contributed by atoms with van der Waals surface area (Å²) < 4.78 is 5.75. The molecule has 0 aromatic carbocycles. The van der Waals surface area contributed by atoms with Crippen molar-refractivity contribution < 1.29 is 9.21 Å². The van der Waals surface area contributed by atoms with Gasteiger partial charge >= 0.3 is 0 Å². The number of hydrogen-bond acceptors (Lipinski definition) is 2. The van der Waals surface area contributed by atoms with Crippen LogP contribution in [0.4, 0.5) is 0 Å². The third-order valence-electron chi connectivity index (χ3n) is 3.03. The molecule has 2 rings (SSSR count). The molecule has 1 saturated carbocycles. The Morgan fingerprint density at radius 2 is 2.33 bits per heavy atom. The minimum absolute atomic E-state index is 0.131. The summed E-state index contributed by atoms with van der Waals surface area (Å²) in [6.45, 7) is 2.94. The van der Waals surface area contributed by atoms with Gasteiger partial charge in [0.05, 0.1) is 0 Å². The maximum absolute atomic E-state index is 11.6. The van der Waals surface area contributed by atoms with Gasteiger partial charge in [-0.25, -0.2) is 0 Å². The Bertz CT molecular complexity index is 368. The topological polar surface area (TPSA) is 42.2 Å². The molecule has 15 heavy (non-hydrogen) atoms. The molecule has 0 bridgehead atoms. The molecular weight excluding hydrogens is 258 g/mol. The molecule has 0 unspecified atom stereocenters. The predicted molar refractivity (Wildman–Crippen MR) is 60.7 cm³/mol. The van der Waals surface area contributed by atoms with E-state index in [0.29, 0.717) is 15.8 Å². The number of carbonyl (C=O) groups excluding carboxylic acids is 1. The minimum Gasteiger partial charge on any atom is -0.444 e. The van der Waals surface area contributed by atoms with Crippen molar-refractivity contribution in [2.24, 2.45) is 5.41 Å². The first kappa shape index (κ1) is 10.7. The predicted octanol–water partition coefficient (Wildman–Crippen LogP) is 2.96. The van der Waals surface area contributed by atoms with Gasteiger partial charge in [-0.15, -0.1) is 0 Å². The van der Waals surface area contributed by atoms with Gasteiger partial charge in [0.15, 0.2) is 10.4 Å². The Kier molecular flexibility index (Phi) is 2.87. The highest BCUT2D eigenvalue weighted by Gasteiger charge is 2.32. The molecule has 0 radical (unpaired) electrons. The maximum Gasteiger partial charge on any atom is 0.287 e. The van der Waals surface area contributed by atoms with Crippen molar-refractivity contribution in [3.8, 4) is 0 Å². The van der Waals surface area contributed by atoms with Gasteiger partial charge in [0, 0.05) is 6.54 Å². The maximum atomic E-state index is 11.6. The fourth-order valence-corrected chi connectivity index (χ4v) is 2.08. The highest BCUT2D eigenvalue weighted by atomic mass is 79.9. The number of hydrogen-bond donors (Lipinski definition) is 1. The molecule has 1 N–H and O–H groups in total. The van der Waals surface area contributed by atoms with Gasteiger partial charge in [0.1, 0.15) is 0 Å². The van der Waals surface area contributed by atoms with Gasteiger partial charge in [0.25, 0.3) is 5.91 Å². The number of carbonyl (C=O) groups is 1. The number of amides is 1. The summed E-state index contributed by atoms with van der Waals surface area (Å²) in [5.74, 6) is 0.235. The van der Waals surface area contributed by atoms with Gasteiger partial charge in [-0.2, -0.15) is 0 Å². The Balaban J connectivity index is 1.87. The van der Waals surface area contributed by atoms with Crippen LogP contribution in [0, 0.1) is 5.41 Å². The van der Waals surface area contributed by atoms with E-state index in [1.54, 1.807) is 12.1 Å². The lowest BCUT2D eigenvalue weighted by molar-refractivity contribution is 0.0862. The van der Waals surface area contributed by atoms with Crippen molar-refractivity contribution >= 4 is 21.8 Å². The summed E-state index contributed by atoms with van der Waals surface area (Å²) in [6.07, 6.45) is 3.68.